The molecule has 0 bridgehead atoms. The predicted molar refractivity (Wildman–Crippen MR) is 117 cm³/mol. The summed E-state index contributed by atoms with van der Waals surface area (Å²) < 4.78 is 0. The molecule has 28 heavy (non-hydrogen) atoms. The Morgan fingerprint density at radius 2 is 1.32 bits per heavy atom. The molecule has 0 unspecified atom stereocenters. The van der Waals surface area contributed by atoms with E-state index in [0.717, 1.165) is 16.8 Å². The monoisotopic (exact) mass is 372 g/mol. The highest BCUT2D eigenvalue weighted by atomic mass is 16.2. The lowest BCUT2D eigenvalue weighted by Crippen LogP contribution is -2.41. The Kier molecular flexibility index (Phi) is 6.62. The molecule has 2 N–H and O–H groups in total. The SMILES string of the molecule is CC(C)[C@H](N[C@H](C)C(=O)Nc1ccccc1-c1ccccc1)c1ccccc1. The van der Waals surface area contributed by atoms with Gasteiger partial charge in [0, 0.05) is 17.3 Å². The Bertz CT molecular complexity index is 891. The molecule has 3 aromatic rings. The van der Waals surface area contributed by atoms with Gasteiger partial charge in [0.25, 0.3) is 0 Å². The van der Waals surface area contributed by atoms with Crippen LogP contribution in [0.4, 0.5) is 5.69 Å². The first-order valence-electron chi connectivity index (χ1n) is 9.82. The molecule has 2 atom stereocenters. The van der Waals surface area contributed by atoms with Crippen LogP contribution in [-0.2, 0) is 4.79 Å². The van der Waals surface area contributed by atoms with E-state index in [9.17, 15) is 4.79 Å². The van der Waals surface area contributed by atoms with Gasteiger partial charge in [-0.05, 0) is 30.0 Å². The van der Waals surface area contributed by atoms with E-state index in [2.05, 4.69) is 48.7 Å². The summed E-state index contributed by atoms with van der Waals surface area (Å²) in [7, 11) is 0. The van der Waals surface area contributed by atoms with Gasteiger partial charge in [0.2, 0.25) is 5.91 Å². The van der Waals surface area contributed by atoms with Crippen LogP contribution in [0.1, 0.15) is 32.4 Å². The third-order valence-corrected chi connectivity index (χ3v) is 4.92. The van der Waals surface area contributed by atoms with Gasteiger partial charge in [-0.2, -0.15) is 0 Å². The minimum absolute atomic E-state index is 0.0371. The molecule has 3 heteroatoms. The Balaban J connectivity index is 1.75. The van der Waals surface area contributed by atoms with Gasteiger partial charge in [-0.15, -0.1) is 0 Å². The topological polar surface area (TPSA) is 41.1 Å². The zero-order chi connectivity index (χ0) is 19.9. The van der Waals surface area contributed by atoms with E-state index in [1.165, 1.54) is 5.56 Å². The fourth-order valence-corrected chi connectivity index (χ4v) is 3.38. The van der Waals surface area contributed by atoms with Crippen LogP contribution >= 0.6 is 0 Å². The van der Waals surface area contributed by atoms with Gasteiger partial charge < -0.3 is 5.32 Å². The van der Waals surface area contributed by atoms with Gasteiger partial charge >= 0.3 is 0 Å². The van der Waals surface area contributed by atoms with E-state index in [4.69, 9.17) is 0 Å². The molecular weight excluding hydrogens is 344 g/mol. The normalized spacial score (nSPS) is 13.1. The lowest BCUT2D eigenvalue weighted by Gasteiger charge is -2.26. The van der Waals surface area contributed by atoms with Gasteiger partial charge in [0.15, 0.2) is 0 Å². The number of carbonyl (C=O) groups excluding carboxylic acids is 1. The number of nitrogens with one attached hydrogen (secondary N) is 2. The molecule has 0 aliphatic heterocycles. The highest BCUT2D eigenvalue weighted by Gasteiger charge is 2.22. The Morgan fingerprint density at radius 1 is 0.750 bits per heavy atom. The summed E-state index contributed by atoms with van der Waals surface area (Å²) in [5.41, 5.74) is 4.13. The molecule has 0 saturated heterocycles. The van der Waals surface area contributed by atoms with Crippen molar-refractivity contribution in [2.24, 2.45) is 5.92 Å². The number of amides is 1. The van der Waals surface area contributed by atoms with Crippen molar-refractivity contribution in [3.05, 3.63) is 90.5 Å². The van der Waals surface area contributed by atoms with Crippen LogP contribution in [0.15, 0.2) is 84.9 Å². The summed E-state index contributed by atoms with van der Waals surface area (Å²) in [5.74, 6) is 0.333. The van der Waals surface area contributed by atoms with Crippen LogP contribution in [-0.4, -0.2) is 11.9 Å². The second-order valence-corrected chi connectivity index (χ2v) is 7.42. The quantitative estimate of drug-likeness (QED) is 0.561. The maximum Gasteiger partial charge on any atom is 0.241 e. The predicted octanol–water partition coefficient (Wildman–Crippen LogP) is 5.67. The zero-order valence-electron chi connectivity index (χ0n) is 16.7. The molecule has 0 spiro atoms. The molecule has 0 aliphatic rings. The molecule has 0 heterocycles. The van der Waals surface area contributed by atoms with Crippen LogP contribution in [0.3, 0.4) is 0 Å². The number of hydrogen-bond acceptors (Lipinski definition) is 2. The molecule has 3 rings (SSSR count). The molecule has 1 amide bonds. The third kappa shape index (κ3) is 4.87. The number of rotatable bonds is 7. The van der Waals surface area contributed by atoms with Gasteiger partial charge in [0.05, 0.1) is 6.04 Å². The van der Waals surface area contributed by atoms with Crippen LogP contribution in [0, 0.1) is 5.92 Å². The number of para-hydroxylation sites is 1. The van der Waals surface area contributed by atoms with Gasteiger partial charge in [-0.3, -0.25) is 10.1 Å². The summed E-state index contributed by atoms with van der Waals surface area (Å²) in [4.78, 5) is 12.9. The summed E-state index contributed by atoms with van der Waals surface area (Å²) in [6.07, 6.45) is 0. The first kappa shape index (κ1) is 19.8. The number of anilines is 1. The number of carbonyl (C=O) groups is 1. The lowest BCUT2D eigenvalue weighted by atomic mass is 9.95. The highest BCUT2D eigenvalue weighted by molar-refractivity contribution is 5.98. The number of hydrogen-bond donors (Lipinski definition) is 2. The van der Waals surface area contributed by atoms with Gasteiger partial charge in [0.1, 0.15) is 0 Å². The fraction of sp³-hybridized carbons (Fsp3) is 0.240. The lowest BCUT2D eigenvalue weighted by molar-refractivity contribution is -0.118. The van der Waals surface area contributed by atoms with E-state index in [1.54, 1.807) is 0 Å². The zero-order valence-corrected chi connectivity index (χ0v) is 16.7. The Labute approximate surface area is 167 Å². The second-order valence-electron chi connectivity index (χ2n) is 7.42. The third-order valence-electron chi connectivity index (χ3n) is 4.92. The number of benzene rings is 3. The summed E-state index contributed by atoms with van der Waals surface area (Å²) in [6, 6.07) is 28.1. The van der Waals surface area contributed by atoms with Crippen LogP contribution in [0.25, 0.3) is 11.1 Å². The van der Waals surface area contributed by atoms with Crippen LogP contribution < -0.4 is 10.6 Å². The van der Waals surface area contributed by atoms with Crippen LogP contribution in [0.5, 0.6) is 0 Å². The van der Waals surface area contributed by atoms with E-state index < -0.39 is 0 Å². The Hall–Kier alpha value is -2.91. The van der Waals surface area contributed by atoms with Crippen molar-refractivity contribution in [3.8, 4) is 11.1 Å². The molecule has 3 aromatic carbocycles. The molecule has 0 aliphatic carbocycles. The highest BCUT2D eigenvalue weighted by Crippen LogP contribution is 2.28. The fourth-order valence-electron chi connectivity index (χ4n) is 3.38. The van der Waals surface area contributed by atoms with Crippen molar-refractivity contribution in [2.75, 3.05) is 5.32 Å². The van der Waals surface area contributed by atoms with Crippen molar-refractivity contribution in [1.82, 2.24) is 5.32 Å². The molecule has 0 saturated carbocycles. The molecule has 0 aromatic heterocycles. The minimum Gasteiger partial charge on any atom is -0.324 e. The summed E-state index contributed by atoms with van der Waals surface area (Å²) >= 11 is 0. The van der Waals surface area contributed by atoms with E-state index in [1.807, 2.05) is 67.6 Å². The largest absolute Gasteiger partial charge is 0.324 e. The van der Waals surface area contributed by atoms with Crippen molar-refractivity contribution >= 4 is 11.6 Å². The minimum atomic E-state index is -0.323. The van der Waals surface area contributed by atoms with E-state index in [-0.39, 0.29) is 18.0 Å². The van der Waals surface area contributed by atoms with Crippen molar-refractivity contribution in [3.63, 3.8) is 0 Å². The molecule has 0 fully saturated rings. The molecule has 3 nitrogen and oxygen atoms in total. The maximum absolute atomic E-state index is 12.9. The first-order valence-corrected chi connectivity index (χ1v) is 9.82. The molecular formula is C25H28N2O. The average Bonchev–Trinajstić information content (AvgIpc) is 2.73. The van der Waals surface area contributed by atoms with Crippen LogP contribution in [0.2, 0.25) is 0 Å². The molecule has 144 valence electrons. The standard InChI is InChI=1S/C25H28N2O/c1-18(2)24(21-14-8-5-9-15-21)26-19(3)25(28)27-23-17-11-10-16-22(23)20-12-6-4-7-13-20/h4-19,24,26H,1-3H3,(H,27,28)/t19-,24+/m1/s1. The van der Waals surface area contributed by atoms with Crippen molar-refractivity contribution in [1.29, 1.82) is 0 Å². The average molecular weight is 373 g/mol. The summed E-state index contributed by atoms with van der Waals surface area (Å²) in [5, 5.41) is 6.60. The van der Waals surface area contributed by atoms with E-state index in [0.29, 0.717) is 5.92 Å². The molecule has 0 radical (unpaired) electrons. The Morgan fingerprint density at radius 3 is 1.96 bits per heavy atom. The van der Waals surface area contributed by atoms with Gasteiger partial charge in [-0.1, -0.05) is 92.7 Å². The van der Waals surface area contributed by atoms with Crippen molar-refractivity contribution < 1.29 is 4.79 Å². The maximum atomic E-state index is 12.9. The van der Waals surface area contributed by atoms with Crippen molar-refractivity contribution in [2.45, 2.75) is 32.9 Å². The summed E-state index contributed by atoms with van der Waals surface area (Å²) in [6.45, 7) is 6.25. The second kappa shape index (κ2) is 9.34. The van der Waals surface area contributed by atoms with Gasteiger partial charge in [-0.25, -0.2) is 0 Å². The smallest absolute Gasteiger partial charge is 0.241 e. The first-order chi connectivity index (χ1) is 13.6. The van der Waals surface area contributed by atoms with E-state index >= 15 is 0 Å².